The number of carboxylic acids is 2. The van der Waals surface area contributed by atoms with Crippen molar-refractivity contribution in [3.63, 3.8) is 0 Å². The first-order chi connectivity index (χ1) is 24.4. The van der Waals surface area contributed by atoms with E-state index in [1.807, 2.05) is 70.4 Å². The lowest BCUT2D eigenvalue weighted by atomic mass is 10.0. The van der Waals surface area contributed by atoms with Crippen LogP contribution in [0.1, 0.15) is 73.9 Å². The number of rotatable bonds is 8. The normalized spacial score (nSPS) is 15.1. The molecule has 4 aromatic carbocycles. The zero-order chi connectivity index (χ0) is 37.4. The van der Waals surface area contributed by atoms with Crippen molar-refractivity contribution in [1.29, 1.82) is 0 Å². The highest BCUT2D eigenvalue weighted by Gasteiger charge is 2.27. The second-order valence-electron chi connectivity index (χ2n) is 11.6. The lowest BCUT2D eigenvalue weighted by molar-refractivity contribution is -0.136. The number of carbonyl (C=O) groups is 2. The Hall–Kier alpha value is -4.86. The first kappa shape index (κ1) is 38.9. The summed E-state index contributed by atoms with van der Waals surface area (Å²) >= 11 is 1.68. The van der Waals surface area contributed by atoms with E-state index in [-0.39, 0.29) is 24.5 Å². The number of aliphatic carboxylic acids is 2. The molecule has 1 unspecified atom stereocenters. The molecule has 264 valence electrons. The van der Waals surface area contributed by atoms with Crippen molar-refractivity contribution in [3.8, 4) is 0 Å². The Morgan fingerprint density at radius 2 is 1.06 bits per heavy atom. The van der Waals surface area contributed by atoms with Gasteiger partial charge in [0.25, 0.3) is 0 Å². The number of carboxylic acid groups (broad SMARTS) is 2. The maximum Gasteiger partial charge on any atom is 0.307 e. The smallest absolute Gasteiger partial charge is 0.307 e. The average Bonchev–Trinajstić information content (AvgIpc) is 3.50. The highest BCUT2D eigenvalue weighted by Crippen LogP contribution is 2.45. The van der Waals surface area contributed by atoms with Gasteiger partial charge in [-0.2, -0.15) is 0 Å². The summed E-state index contributed by atoms with van der Waals surface area (Å²) in [5.74, 6) is -2.59. The maximum absolute atomic E-state index is 13.7. The summed E-state index contributed by atoms with van der Waals surface area (Å²) in [5, 5.41) is 18.3. The molecule has 0 aliphatic heterocycles. The van der Waals surface area contributed by atoms with Crippen LogP contribution in [0.2, 0.25) is 0 Å². The van der Waals surface area contributed by atoms with Gasteiger partial charge in [0.15, 0.2) is 0 Å². The molecule has 6 rings (SSSR count). The van der Waals surface area contributed by atoms with Crippen molar-refractivity contribution in [2.24, 2.45) is 0 Å². The fraction of sp³-hybridized carbons (Fsp3) is 0.190. The van der Waals surface area contributed by atoms with Gasteiger partial charge in [-0.25, -0.2) is 8.78 Å². The molecule has 0 bridgehead atoms. The first-order valence-corrected chi connectivity index (χ1v) is 19.1. The molecule has 0 amide bonds. The molecule has 9 heteroatoms. The van der Waals surface area contributed by atoms with Crippen molar-refractivity contribution in [2.45, 2.75) is 50.3 Å². The Labute approximate surface area is 304 Å². The summed E-state index contributed by atoms with van der Waals surface area (Å²) in [6.07, 6.45) is 7.38. The Morgan fingerprint density at radius 3 is 1.41 bits per heavy atom. The van der Waals surface area contributed by atoms with Gasteiger partial charge in [-0.05, 0) is 148 Å². The van der Waals surface area contributed by atoms with E-state index in [2.05, 4.69) is 12.1 Å². The predicted octanol–water partition coefficient (Wildman–Crippen LogP) is 10.7. The van der Waals surface area contributed by atoms with Gasteiger partial charge < -0.3 is 10.2 Å². The molecule has 0 heterocycles. The SMILES string of the molecule is CC.CC1=C(CC(=O)O)c2cc(F)ccc2C1=Cc1ccc(S(C)=O)cc1.CSc1ccc(C=C2C(C)=C(CC(=O)O)c3cc(F)ccc32)cc1. The van der Waals surface area contributed by atoms with Crippen LogP contribution in [0.25, 0.3) is 34.4 Å². The van der Waals surface area contributed by atoms with Crippen molar-refractivity contribution in [3.05, 3.63) is 141 Å². The van der Waals surface area contributed by atoms with E-state index in [4.69, 9.17) is 5.11 Å². The van der Waals surface area contributed by atoms with E-state index in [1.54, 1.807) is 42.3 Å². The predicted molar refractivity (Wildman–Crippen MR) is 207 cm³/mol. The zero-order valence-corrected chi connectivity index (χ0v) is 31.0. The minimum Gasteiger partial charge on any atom is -0.481 e. The van der Waals surface area contributed by atoms with Gasteiger partial charge in [-0.15, -0.1) is 11.8 Å². The molecule has 51 heavy (non-hydrogen) atoms. The van der Waals surface area contributed by atoms with Crippen LogP contribution in [0.3, 0.4) is 0 Å². The molecule has 0 spiro atoms. The molecular weight excluding hydrogens is 687 g/mol. The van der Waals surface area contributed by atoms with Crippen LogP contribution in [-0.2, 0) is 20.4 Å². The molecule has 1 atom stereocenters. The molecule has 2 aliphatic rings. The molecule has 0 saturated carbocycles. The summed E-state index contributed by atoms with van der Waals surface area (Å²) in [6.45, 7) is 7.76. The van der Waals surface area contributed by atoms with E-state index >= 15 is 0 Å². The molecule has 2 N–H and O–H groups in total. The number of hydrogen-bond acceptors (Lipinski definition) is 4. The fourth-order valence-corrected chi connectivity index (χ4v) is 6.98. The molecule has 4 aromatic rings. The number of allylic oxidation sites excluding steroid dienone is 4. The Morgan fingerprint density at radius 1 is 0.667 bits per heavy atom. The van der Waals surface area contributed by atoms with Crippen LogP contribution in [0.15, 0.2) is 106 Å². The largest absolute Gasteiger partial charge is 0.481 e. The molecule has 0 fully saturated rings. The topological polar surface area (TPSA) is 91.7 Å². The van der Waals surface area contributed by atoms with E-state index in [0.29, 0.717) is 22.3 Å². The van der Waals surface area contributed by atoms with Gasteiger partial charge in [0.2, 0.25) is 0 Å². The molecule has 0 radical (unpaired) electrons. The number of benzene rings is 4. The van der Waals surface area contributed by atoms with Gasteiger partial charge in [-0.1, -0.05) is 50.2 Å². The Balaban J connectivity index is 0.000000218. The Bertz CT molecular complexity index is 2110. The van der Waals surface area contributed by atoms with Crippen LogP contribution in [0, 0.1) is 11.6 Å². The first-order valence-electron chi connectivity index (χ1n) is 16.3. The summed E-state index contributed by atoms with van der Waals surface area (Å²) in [7, 11) is -1.04. The standard InChI is InChI=1S/C20H17FO3S.C20H17FO2S.C2H6/c1-12-17(9-13-3-6-15(7-4-13)25(2)24)16-8-5-14(21)10-19(16)18(12)11-20(22)23;1-12-17(9-13-3-6-15(24-2)7-4-13)16-8-5-14(21)10-19(16)18(12)11-20(22)23;1-2/h3-10H,11H2,1-2H3,(H,22,23);3-10H,11H2,1-2H3,(H,22,23);1-2H3. The van der Waals surface area contributed by atoms with Gasteiger partial charge in [0.05, 0.1) is 12.8 Å². The van der Waals surface area contributed by atoms with Crippen LogP contribution in [0.5, 0.6) is 0 Å². The summed E-state index contributed by atoms with van der Waals surface area (Å²) in [4.78, 5) is 24.3. The molecule has 0 saturated heterocycles. The second kappa shape index (κ2) is 17.4. The lowest BCUT2D eigenvalue weighted by Gasteiger charge is -2.05. The van der Waals surface area contributed by atoms with Crippen LogP contribution in [0.4, 0.5) is 8.78 Å². The number of thioether (sulfide) groups is 1. The fourth-order valence-electron chi connectivity index (χ4n) is 6.05. The molecular formula is C42H40F2O5S2. The average molecular weight is 727 g/mol. The monoisotopic (exact) mass is 726 g/mol. The quantitative estimate of drug-likeness (QED) is 0.176. The van der Waals surface area contributed by atoms with Gasteiger partial charge in [0, 0.05) is 26.8 Å². The highest BCUT2D eigenvalue weighted by molar-refractivity contribution is 7.98. The van der Waals surface area contributed by atoms with Crippen LogP contribution in [-0.4, -0.2) is 38.9 Å². The third-order valence-corrected chi connectivity index (χ3v) is 10.2. The van der Waals surface area contributed by atoms with Gasteiger partial charge >= 0.3 is 11.9 Å². The highest BCUT2D eigenvalue weighted by atomic mass is 32.2. The van der Waals surface area contributed by atoms with Crippen LogP contribution >= 0.6 is 11.8 Å². The van der Waals surface area contributed by atoms with Gasteiger partial charge in [0.1, 0.15) is 11.6 Å². The van der Waals surface area contributed by atoms with Gasteiger partial charge in [-0.3, -0.25) is 13.8 Å². The number of hydrogen-bond donors (Lipinski definition) is 2. The maximum atomic E-state index is 13.7. The summed E-state index contributed by atoms with van der Waals surface area (Å²) < 4.78 is 38.8. The van der Waals surface area contributed by atoms with E-state index in [9.17, 15) is 27.7 Å². The van der Waals surface area contributed by atoms with Crippen LogP contribution < -0.4 is 0 Å². The number of fused-ring (bicyclic) bond motifs is 2. The minimum atomic E-state index is -1.04. The van der Waals surface area contributed by atoms with E-state index in [0.717, 1.165) is 49.4 Å². The molecule has 2 aliphatic carbocycles. The summed E-state index contributed by atoms with van der Waals surface area (Å²) in [6, 6.07) is 24.5. The van der Waals surface area contributed by atoms with Crippen molar-refractivity contribution < 1.29 is 32.8 Å². The third-order valence-electron chi connectivity index (χ3n) is 8.51. The molecule has 0 aromatic heterocycles. The lowest BCUT2D eigenvalue weighted by Crippen LogP contribution is -1.97. The Kier molecular flexibility index (Phi) is 13.3. The van der Waals surface area contributed by atoms with Crippen molar-refractivity contribution in [2.75, 3.05) is 12.5 Å². The molecule has 5 nitrogen and oxygen atoms in total. The van der Waals surface area contributed by atoms with E-state index < -0.39 is 22.7 Å². The van der Waals surface area contributed by atoms with Crippen molar-refractivity contribution >= 4 is 68.9 Å². The van der Waals surface area contributed by atoms with E-state index in [1.165, 1.54) is 29.2 Å². The number of halogens is 2. The minimum absolute atomic E-state index is 0.106. The third kappa shape index (κ3) is 9.28. The second-order valence-corrected chi connectivity index (χ2v) is 13.9. The zero-order valence-electron chi connectivity index (χ0n) is 29.3. The summed E-state index contributed by atoms with van der Waals surface area (Å²) in [5.41, 5.74) is 9.89. The van der Waals surface area contributed by atoms with Crippen molar-refractivity contribution in [1.82, 2.24) is 0 Å².